The van der Waals surface area contributed by atoms with E-state index in [1.807, 2.05) is 6.08 Å². The average Bonchev–Trinajstić information content (AvgIpc) is 2.16. The van der Waals surface area contributed by atoms with Crippen molar-refractivity contribution in [3.63, 3.8) is 0 Å². The first-order chi connectivity index (χ1) is 6.60. The molecule has 1 aliphatic carbocycles. The van der Waals surface area contributed by atoms with Crippen molar-refractivity contribution in [1.29, 1.82) is 0 Å². The summed E-state index contributed by atoms with van der Waals surface area (Å²) >= 11 is 0. The van der Waals surface area contributed by atoms with Gasteiger partial charge in [-0.15, -0.1) is 0 Å². The SMILES string of the molecule is CC1(C)C=CC(C=O)CC1CCCN. The van der Waals surface area contributed by atoms with Gasteiger partial charge in [0.15, 0.2) is 0 Å². The van der Waals surface area contributed by atoms with Gasteiger partial charge in [-0.05, 0) is 37.1 Å². The van der Waals surface area contributed by atoms with E-state index in [0.29, 0.717) is 5.92 Å². The number of hydrogen-bond donors (Lipinski definition) is 1. The minimum atomic E-state index is 0.130. The van der Waals surface area contributed by atoms with Crippen LogP contribution < -0.4 is 5.73 Å². The van der Waals surface area contributed by atoms with Gasteiger partial charge in [0.05, 0.1) is 0 Å². The van der Waals surface area contributed by atoms with Crippen LogP contribution in [0.1, 0.15) is 33.1 Å². The van der Waals surface area contributed by atoms with Crippen LogP contribution in [0.4, 0.5) is 0 Å². The molecule has 2 nitrogen and oxygen atoms in total. The molecule has 2 atom stereocenters. The number of aldehydes is 1. The lowest BCUT2D eigenvalue weighted by Crippen LogP contribution is -2.28. The van der Waals surface area contributed by atoms with Crippen molar-refractivity contribution in [3.05, 3.63) is 12.2 Å². The monoisotopic (exact) mass is 195 g/mol. The van der Waals surface area contributed by atoms with Gasteiger partial charge >= 0.3 is 0 Å². The van der Waals surface area contributed by atoms with Crippen molar-refractivity contribution >= 4 is 6.29 Å². The molecule has 0 fully saturated rings. The summed E-state index contributed by atoms with van der Waals surface area (Å²) in [6.45, 7) is 5.24. The second kappa shape index (κ2) is 4.74. The Balaban J connectivity index is 2.62. The third-order valence-corrected chi connectivity index (χ3v) is 3.31. The highest BCUT2D eigenvalue weighted by Gasteiger charge is 2.31. The Morgan fingerprint density at radius 2 is 2.29 bits per heavy atom. The van der Waals surface area contributed by atoms with Gasteiger partial charge in [0, 0.05) is 5.92 Å². The van der Waals surface area contributed by atoms with E-state index in [0.717, 1.165) is 32.1 Å². The second-order valence-electron chi connectivity index (χ2n) is 4.84. The van der Waals surface area contributed by atoms with Crippen LogP contribution in [-0.2, 0) is 4.79 Å². The Morgan fingerprint density at radius 3 is 2.86 bits per heavy atom. The lowest BCUT2D eigenvalue weighted by Gasteiger charge is -2.36. The Bertz CT molecular complexity index is 220. The molecular weight excluding hydrogens is 174 g/mol. The first-order valence-corrected chi connectivity index (χ1v) is 5.45. The molecule has 14 heavy (non-hydrogen) atoms. The maximum atomic E-state index is 10.7. The zero-order chi connectivity index (χ0) is 10.6. The Kier molecular flexibility index (Phi) is 3.87. The molecule has 2 unspecified atom stereocenters. The fourth-order valence-electron chi connectivity index (χ4n) is 2.17. The quantitative estimate of drug-likeness (QED) is 0.551. The summed E-state index contributed by atoms with van der Waals surface area (Å²) in [6.07, 6.45) is 8.49. The maximum Gasteiger partial charge on any atom is 0.126 e. The number of allylic oxidation sites excluding steroid dienone is 2. The highest BCUT2D eigenvalue weighted by Crippen LogP contribution is 2.40. The third kappa shape index (κ3) is 2.68. The third-order valence-electron chi connectivity index (χ3n) is 3.31. The van der Waals surface area contributed by atoms with Crippen LogP contribution in [-0.4, -0.2) is 12.8 Å². The molecule has 0 radical (unpaired) electrons. The Hall–Kier alpha value is -0.630. The van der Waals surface area contributed by atoms with Crippen molar-refractivity contribution in [2.24, 2.45) is 23.0 Å². The van der Waals surface area contributed by atoms with E-state index in [1.54, 1.807) is 0 Å². The van der Waals surface area contributed by atoms with Crippen LogP contribution >= 0.6 is 0 Å². The molecule has 1 aliphatic rings. The normalized spacial score (nSPS) is 30.2. The molecule has 0 aromatic heterocycles. The smallest absolute Gasteiger partial charge is 0.126 e. The number of nitrogens with two attached hydrogens (primary N) is 1. The van der Waals surface area contributed by atoms with Crippen molar-refractivity contribution in [3.8, 4) is 0 Å². The van der Waals surface area contributed by atoms with Gasteiger partial charge in [0.2, 0.25) is 0 Å². The van der Waals surface area contributed by atoms with Gasteiger partial charge in [0.1, 0.15) is 6.29 Å². The number of carbonyl (C=O) groups excluding carboxylic acids is 1. The summed E-state index contributed by atoms with van der Waals surface area (Å²) < 4.78 is 0. The van der Waals surface area contributed by atoms with E-state index in [4.69, 9.17) is 5.73 Å². The van der Waals surface area contributed by atoms with E-state index in [2.05, 4.69) is 19.9 Å². The van der Waals surface area contributed by atoms with Crippen LogP contribution in [0, 0.1) is 17.3 Å². The molecule has 0 heterocycles. The van der Waals surface area contributed by atoms with Gasteiger partial charge < -0.3 is 10.5 Å². The van der Waals surface area contributed by atoms with Gasteiger partial charge in [0.25, 0.3) is 0 Å². The van der Waals surface area contributed by atoms with Crippen molar-refractivity contribution in [2.45, 2.75) is 33.1 Å². The van der Waals surface area contributed by atoms with Gasteiger partial charge in [-0.2, -0.15) is 0 Å². The topological polar surface area (TPSA) is 43.1 Å². The molecule has 0 aliphatic heterocycles. The van der Waals surface area contributed by atoms with Crippen LogP contribution in [0.5, 0.6) is 0 Å². The largest absolute Gasteiger partial charge is 0.330 e. The molecule has 0 saturated heterocycles. The van der Waals surface area contributed by atoms with E-state index in [-0.39, 0.29) is 11.3 Å². The lowest BCUT2D eigenvalue weighted by molar-refractivity contribution is -0.110. The molecule has 0 amide bonds. The molecule has 0 aromatic rings. The number of rotatable bonds is 4. The molecule has 0 saturated carbocycles. The highest BCUT2D eigenvalue weighted by molar-refractivity contribution is 5.57. The fraction of sp³-hybridized carbons (Fsp3) is 0.750. The van der Waals surface area contributed by atoms with Crippen LogP contribution in [0.2, 0.25) is 0 Å². The lowest BCUT2D eigenvalue weighted by atomic mass is 9.68. The zero-order valence-corrected chi connectivity index (χ0v) is 9.20. The standard InChI is InChI=1S/C12H21NO/c1-12(2)6-5-10(9-14)8-11(12)4-3-7-13/h5-6,9-11H,3-4,7-8,13H2,1-2H3. The molecule has 0 bridgehead atoms. The van der Waals surface area contributed by atoms with Crippen molar-refractivity contribution in [1.82, 2.24) is 0 Å². The molecule has 0 aromatic carbocycles. The predicted octanol–water partition coefficient (Wildman–Crippen LogP) is 2.14. The van der Waals surface area contributed by atoms with E-state index < -0.39 is 0 Å². The summed E-state index contributed by atoms with van der Waals surface area (Å²) in [5.74, 6) is 0.733. The van der Waals surface area contributed by atoms with Crippen LogP contribution in [0.25, 0.3) is 0 Å². The Labute approximate surface area is 86.6 Å². The summed E-state index contributed by atoms with van der Waals surface area (Å²) in [5.41, 5.74) is 5.74. The molecule has 2 heteroatoms. The molecule has 0 spiro atoms. The van der Waals surface area contributed by atoms with Gasteiger partial charge in [-0.25, -0.2) is 0 Å². The highest BCUT2D eigenvalue weighted by atomic mass is 16.1. The summed E-state index contributed by atoms with van der Waals surface area (Å²) in [4.78, 5) is 10.7. The summed E-state index contributed by atoms with van der Waals surface area (Å²) in [7, 11) is 0. The molecule has 2 N–H and O–H groups in total. The number of carbonyl (C=O) groups is 1. The van der Waals surface area contributed by atoms with E-state index >= 15 is 0 Å². The maximum absolute atomic E-state index is 10.7. The first kappa shape index (κ1) is 11.4. The predicted molar refractivity (Wildman–Crippen MR) is 58.9 cm³/mol. The van der Waals surface area contributed by atoms with Gasteiger partial charge in [-0.3, -0.25) is 0 Å². The summed E-state index contributed by atoms with van der Waals surface area (Å²) in [6, 6.07) is 0. The molecule has 80 valence electrons. The fourth-order valence-corrected chi connectivity index (χ4v) is 2.17. The average molecular weight is 195 g/mol. The van der Waals surface area contributed by atoms with E-state index in [1.165, 1.54) is 0 Å². The van der Waals surface area contributed by atoms with Crippen molar-refractivity contribution in [2.75, 3.05) is 6.54 Å². The van der Waals surface area contributed by atoms with Crippen molar-refractivity contribution < 1.29 is 4.79 Å². The first-order valence-electron chi connectivity index (χ1n) is 5.45. The van der Waals surface area contributed by atoms with Crippen LogP contribution in [0.3, 0.4) is 0 Å². The Morgan fingerprint density at radius 1 is 1.57 bits per heavy atom. The van der Waals surface area contributed by atoms with Gasteiger partial charge in [-0.1, -0.05) is 26.0 Å². The summed E-state index contributed by atoms with van der Waals surface area (Å²) in [5, 5.41) is 0. The zero-order valence-electron chi connectivity index (χ0n) is 9.20. The molecule has 1 rings (SSSR count). The number of hydrogen-bond acceptors (Lipinski definition) is 2. The second-order valence-corrected chi connectivity index (χ2v) is 4.84. The molecular formula is C12H21NO. The minimum absolute atomic E-state index is 0.130. The minimum Gasteiger partial charge on any atom is -0.330 e. The van der Waals surface area contributed by atoms with E-state index in [9.17, 15) is 4.79 Å². The van der Waals surface area contributed by atoms with Crippen LogP contribution in [0.15, 0.2) is 12.2 Å².